The first-order chi connectivity index (χ1) is 12.4. The van der Waals surface area contributed by atoms with Crippen molar-refractivity contribution in [1.29, 1.82) is 0 Å². The van der Waals surface area contributed by atoms with Crippen LogP contribution in [0.25, 0.3) is 0 Å². The molecule has 0 unspecified atom stereocenters. The molecule has 5 nitrogen and oxygen atoms in total. The Hall–Kier alpha value is -2.95. The van der Waals surface area contributed by atoms with Crippen LogP contribution in [0.15, 0.2) is 48.5 Å². The number of ketones is 1. The third kappa shape index (κ3) is 5.28. The number of hydrogen-bond donors (Lipinski definition) is 2. The molecule has 0 spiro atoms. The zero-order chi connectivity index (χ0) is 19.1. The summed E-state index contributed by atoms with van der Waals surface area (Å²) < 4.78 is 0. The Morgan fingerprint density at radius 2 is 1.73 bits per heavy atom. The predicted molar refractivity (Wildman–Crippen MR) is 102 cm³/mol. The third-order valence-electron chi connectivity index (χ3n) is 4.23. The van der Waals surface area contributed by atoms with Crippen LogP contribution >= 0.6 is 0 Å². The lowest BCUT2D eigenvalue weighted by Gasteiger charge is -2.11. The van der Waals surface area contributed by atoms with Crippen LogP contribution in [0.3, 0.4) is 0 Å². The Bertz CT molecular complexity index is 797. The second-order valence-electron chi connectivity index (χ2n) is 6.38. The number of benzene rings is 2. The van der Waals surface area contributed by atoms with Crippen molar-refractivity contribution < 1.29 is 14.4 Å². The molecule has 0 bridgehead atoms. The number of carbonyl (C=O) groups is 3. The van der Waals surface area contributed by atoms with E-state index in [1.54, 1.807) is 42.5 Å². The SMILES string of the molecule is CC[C@@H](C)C(=O)Nc1cccc(CNC(=O)C(=O)c2ccc(C)cc2)c1. The molecule has 0 fully saturated rings. The first-order valence-corrected chi connectivity index (χ1v) is 8.69. The number of hydrogen-bond acceptors (Lipinski definition) is 3. The van der Waals surface area contributed by atoms with Crippen LogP contribution in [0.4, 0.5) is 5.69 Å². The van der Waals surface area contributed by atoms with Gasteiger partial charge in [-0.15, -0.1) is 0 Å². The van der Waals surface area contributed by atoms with Crippen molar-refractivity contribution in [1.82, 2.24) is 5.32 Å². The fourth-order valence-corrected chi connectivity index (χ4v) is 2.31. The van der Waals surface area contributed by atoms with Crippen LogP contribution in [0, 0.1) is 12.8 Å². The Labute approximate surface area is 153 Å². The van der Waals surface area contributed by atoms with Crippen molar-refractivity contribution >= 4 is 23.3 Å². The van der Waals surface area contributed by atoms with E-state index in [0.717, 1.165) is 17.5 Å². The number of nitrogens with one attached hydrogen (secondary N) is 2. The fourth-order valence-electron chi connectivity index (χ4n) is 2.31. The molecule has 136 valence electrons. The number of Topliss-reactive ketones (excluding diaryl/α,β-unsaturated/α-hetero) is 1. The molecule has 5 heteroatoms. The van der Waals surface area contributed by atoms with Gasteiger partial charge in [-0.05, 0) is 31.0 Å². The quantitative estimate of drug-likeness (QED) is 0.592. The third-order valence-corrected chi connectivity index (χ3v) is 4.23. The highest BCUT2D eigenvalue weighted by molar-refractivity contribution is 6.42. The molecule has 0 saturated heterocycles. The Morgan fingerprint density at radius 1 is 1.04 bits per heavy atom. The molecule has 0 aromatic heterocycles. The molecule has 2 aromatic rings. The molecular weight excluding hydrogens is 328 g/mol. The maximum atomic E-state index is 12.1. The molecular formula is C21H24N2O3. The van der Waals surface area contributed by atoms with Gasteiger partial charge in [-0.3, -0.25) is 14.4 Å². The molecule has 26 heavy (non-hydrogen) atoms. The van der Waals surface area contributed by atoms with Crippen molar-refractivity contribution in [2.24, 2.45) is 5.92 Å². The minimum atomic E-state index is -0.650. The molecule has 0 radical (unpaired) electrons. The highest BCUT2D eigenvalue weighted by Crippen LogP contribution is 2.13. The van der Waals surface area contributed by atoms with Gasteiger partial charge in [0, 0.05) is 23.7 Å². The van der Waals surface area contributed by atoms with Gasteiger partial charge in [-0.1, -0.05) is 55.8 Å². The molecule has 1 atom stereocenters. The molecule has 2 rings (SSSR count). The van der Waals surface area contributed by atoms with Crippen molar-refractivity contribution in [2.45, 2.75) is 33.7 Å². The van der Waals surface area contributed by atoms with Crippen LogP contribution in [0.1, 0.15) is 41.8 Å². The van der Waals surface area contributed by atoms with Gasteiger partial charge >= 0.3 is 0 Å². The normalized spacial score (nSPS) is 11.5. The minimum absolute atomic E-state index is 0.0387. The van der Waals surface area contributed by atoms with Crippen molar-refractivity contribution in [3.8, 4) is 0 Å². The van der Waals surface area contributed by atoms with E-state index in [-0.39, 0.29) is 18.4 Å². The fraction of sp³-hybridized carbons (Fsp3) is 0.286. The summed E-state index contributed by atoms with van der Waals surface area (Å²) in [5.74, 6) is -1.32. The molecule has 2 aromatic carbocycles. The largest absolute Gasteiger partial charge is 0.345 e. The Kier molecular flexibility index (Phi) is 6.67. The Balaban J connectivity index is 1.95. The van der Waals surface area contributed by atoms with Gasteiger partial charge in [0.2, 0.25) is 11.7 Å². The number of rotatable bonds is 7. The number of aryl methyl sites for hydroxylation is 1. The van der Waals surface area contributed by atoms with Crippen LogP contribution in [0.2, 0.25) is 0 Å². The summed E-state index contributed by atoms with van der Waals surface area (Å²) in [5.41, 5.74) is 2.87. The van der Waals surface area contributed by atoms with E-state index in [1.807, 2.05) is 26.8 Å². The van der Waals surface area contributed by atoms with E-state index in [9.17, 15) is 14.4 Å². The van der Waals surface area contributed by atoms with Crippen LogP contribution < -0.4 is 10.6 Å². The van der Waals surface area contributed by atoms with Crippen molar-refractivity contribution in [3.05, 3.63) is 65.2 Å². The van der Waals surface area contributed by atoms with E-state index in [2.05, 4.69) is 10.6 Å². The average molecular weight is 352 g/mol. The zero-order valence-corrected chi connectivity index (χ0v) is 15.3. The highest BCUT2D eigenvalue weighted by atomic mass is 16.2. The molecule has 0 saturated carbocycles. The lowest BCUT2D eigenvalue weighted by molar-refractivity contribution is -0.119. The summed E-state index contributed by atoms with van der Waals surface area (Å²) in [6.45, 7) is 5.96. The molecule has 0 aliphatic carbocycles. The maximum absolute atomic E-state index is 12.1. The zero-order valence-electron chi connectivity index (χ0n) is 15.3. The summed E-state index contributed by atoms with van der Waals surface area (Å²) in [6, 6.07) is 14.1. The van der Waals surface area contributed by atoms with Crippen LogP contribution in [-0.2, 0) is 16.1 Å². The topological polar surface area (TPSA) is 75.3 Å². The molecule has 0 aliphatic heterocycles. The molecule has 0 heterocycles. The first kappa shape index (κ1) is 19.4. The minimum Gasteiger partial charge on any atom is -0.345 e. The number of amides is 2. The lowest BCUT2D eigenvalue weighted by Crippen LogP contribution is -2.30. The van der Waals surface area contributed by atoms with E-state index >= 15 is 0 Å². The van der Waals surface area contributed by atoms with Gasteiger partial charge in [0.1, 0.15) is 0 Å². The molecule has 0 aliphatic rings. The van der Waals surface area contributed by atoms with Crippen LogP contribution in [-0.4, -0.2) is 17.6 Å². The summed E-state index contributed by atoms with van der Waals surface area (Å²) >= 11 is 0. The van der Waals surface area contributed by atoms with Crippen LogP contribution in [0.5, 0.6) is 0 Å². The Morgan fingerprint density at radius 3 is 2.38 bits per heavy atom. The summed E-state index contributed by atoms with van der Waals surface area (Å²) in [7, 11) is 0. The second kappa shape index (κ2) is 8.94. The monoisotopic (exact) mass is 352 g/mol. The smallest absolute Gasteiger partial charge is 0.292 e. The van der Waals surface area contributed by atoms with Gasteiger partial charge < -0.3 is 10.6 Å². The lowest BCUT2D eigenvalue weighted by atomic mass is 10.1. The van der Waals surface area contributed by atoms with E-state index in [4.69, 9.17) is 0 Å². The van der Waals surface area contributed by atoms with Crippen molar-refractivity contribution in [2.75, 3.05) is 5.32 Å². The van der Waals surface area contributed by atoms with Gasteiger partial charge in [0.05, 0.1) is 0 Å². The second-order valence-corrected chi connectivity index (χ2v) is 6.38. The van der Waals surface area contributed by atoms with Gasteiger partial charge in [-0.2, -0.15) is 0 Å². The summed E-state index contributed by atoms with van der Waals surface area (Å²) in [6.07, 6.45) is 0.767. The standard InChI is InChI=1S/C21H24N2O3/c1-4-15(3)20(25)23-18-7-5-6-16(12-18)13-22-21(26)19(24)17-10-8-14(2)9-11-17/h5-12,15H,4,13H2,1-3H3,(H,22,26)(H,23,25)/t15-/m1/s1. The highest BCUT2D eigenvalue weighted by Gasteiger charge is 2.16. The number of anilines is 1. The molecule has 2 amide bonds. The number of carbonyl (C=O) groups excluding carboxylic acids is 3. The van der Waals surface area contributed by atoms with Gasteiger partial charge in [0.15, 0.2) is 0 Å². The van der Waals surface area contributed by atoms with E-state index < -0.39 is 11.7 Å². The summed E-state index contributed by atoms with van der Waals surface area (Å²) in [4.78, 5) is 36.2. The van der Waals surface area contributed by atoms with E-state index in [1.165, 1.54) is 0 Å². The average Bonchev–Trinajstić information content (AvgIpc) is 2.65. The van der Waals surface area contributed by atoms with Gasteiger partial charge in [-0.25, -0.2) is 0 Å². The van der Waals surface area contributed by atoms with Crippen molar-refractivity contribution in [3.63, 3.8) is 0 Å². The molecule has 2 N–H and O–H groups in total. The maximum Gasteiger partial charge on any atom is 0.292 e. The van der Waals surface area contributed by atoms with E-state index in [0.29, 0.717) is 11.3 Å². The predicted octanol–water partition coefficient (Wildman–Crippen LogP) is 3.48. The van der Waals surface area contributed by atoms with Gasteiger partial charge in [0.25, 0.3) is 5.91 Å². The summed E-state index contributed by atoms with van der Waals surface area (Å²) in [5, 5.41) is 5.48. The first-order valence-electron chi connectivity index (χ1n) is 8.69.